The van der Waals surface area contributed by atoms with Crippen LogP contribution >= 0.6 is 0 Å². The molecule has 2 aromatic rings. The molecular formula is C19H23F3N4O. The Bertz CT molecular complexity index is 746. The Morgan fingerprint density at radius 3 is 2.59 bits per heavy atom. The van der Waals surface area contributed by atoms with Crippen molar-refractivity contribution in [2.45, 2.75) is 51.0 Å². The summed E-state index contributed by atoms with van der Waals surface area (Å²) in [4.78, 5) is 12.2. The van der Waals surface area contributed by atoms with E-state index < -0.39 is 24.2 Å². The van der Waals surface area contributed by atoms with Crippen molar-refractivity contribution in [3.8, 4) is 0 Å². The maximum Gasteiger partial charge on any atom is 0.393 e. The van der Waals surface area contributed by atoms with Crippen LogP contribution in [0.4, 0.5) is 18.0 Å². The molecule has 1 aliphatic carbocycles. The van der Waals surface area contributed by atoms with Gasteiger partial charge in [-0.25, -0.2) is 4.79 Å². The first-order valence-corrected chi connectivity index (χ1v) is 9.09. The van der Waals surface area contributed by atoms with Crippen molar-refractivity contribution >= 4 is 6.03 Å². The van der Waals surface area contributed by atoms with Crippen LogP contribution in [0.3, 0.4) is 0 Å². The third-order valence-electron chi connectivity index (χ3n) is 4.95. The molecule has 146 valence electrons. The van der Waals surface area contributed by atoms with Crippen molar-refractivity contribution < 1.29 is 18.0 Å². The highest BCUT2D eigenvalue weighted by Crippen LogP contribution is 2.37. The van der Waals surface area contributed by atoms with Gasteiger partial charge in [0.1, 0.15) is 0 Å². The second-order valence-corrected chi connectivity index (χ2v) is 6.84. The fraction of sp³-hybridized carbons (Fsp3) is 0.474. The van der Waals surface area contributed by atoms with Gasteiger partial charge in [-0.1, -0.05) is 37.1 Å². The highest BCUT2D eigenvalue weighted by Gasteiger charge is 2.45. The molecule has 2 N–H and O–H groups in total. The lowest BCUT2D eigenvalue weighted by Gasteiger charge is -2.33. The minimum atomic E-state index is -4.28. The number of rotatable bonds is 5. The summed E-state index contributed by atoms with van der Waals surface area (Å²) in [7, 11) is 0. The van der Waals surface area contributed by atoms with E-state index in [1.54, 1.807) is 10.9 Å². The Hall–Kier alpha value is -2.51. The molecule has 1 saturated carbocycles. The van der Waals surface area contributed by atoms with Gasteiger partial charge in [-0.3, -0.25) is 4.68 Å². The first-order chi connectivity index (χ1) is 12.9. The van der Waals surface area contributed by atoms with E-state index in [0.29, 0.717) is 25.8 Å². The second kappa shape index (κ2) is 8.45. The summed E-state index contributed by atoms with van der Waals surface area (Å²) >= 11 is 0. The Balaban J connectivity index is 1.58. The summed E-state index contributed by atoms with van der Waals surface area (Å²) in [6.45, 7) is 0.803. The highest BCUT2D eigenvalue weighted by molar-refractivity contribution is 5.74. The summed E-state index contributed by atoms with van der Waals surface area (Å²) in [5.74, 6) is -1.47. The lowest BCUT2D eigenvalue weighted by molar-refractivity contribution is -0.187. The zero-order valence-corrected chi connectivity index (χ0v) is 14.9. The smallest absolute Gasteiger partial charge is 0.335 e. The maximum atomic E-state index is 13.1. The van der Waals surface area contributed by atoms with Crippen molar-refractivity contribution in [2.24, 2.45) is 5.92 Å². The summed E-state index contributed by atoms with van der Waals surface area (Å²) in [5.41, 5.74) is 1.89. The normalized spacial score (nSPS) is 20.3. The van der Waals surface area contributed by atoms with Gasteiger partial charge in [-0.2, -0.15) is 18.3 Å². The van der Waals surface area contributed by atoms with E-state index in [-0.39, 0.29) is 13.0 Å². The molecule has 8 heteroatoms. The lowest BCUT2D eigenvalue weighted by atomic mass is 9.84. The largest absolute Gasteiger partial charge is 0.393 e. The molecule has 27 heavy (non-hydrogen) atoms. The molecule has 0 aliphatic heterocycles. The third kappa shape index (κ3) is 5.24. The van der Waals surface area contributed by atoms with E-state index in [2.05, 4.69) is 15.7 Å². The molecule has 5 nitrogen and oxygen atoms in total. The van der Waals surface area contributed by atoms with Crippen LogP contribution in [0.1, 0.15) is 36.8 Å². The minimum absolute atomic E-state index is 0.0706. The fourth-order valence-corrected chi connectivity index (χ4v) is 3.54. The van der Waals surface area contributed by atoms with Crippen LogP contribution in [-0.4, -0.2) is 28.0 Å². The first-order valence-electron chi connectivity index (χ1n) is 9.09. The van der Waals surface area contributed by atoms with Gasteiger partial charge in [0.2, 0.25) is 0 Å². The molecule has 1 aromatic carbocycles. The van der Waals surface area contributed by atoms with Crippen LogP contribution in [0.5, 0.6) is 0 Å². The SMILES string of the molecule is O=C(NCc1ccccc1Cn1cccn1)NC1CCCCC1C(F)(F)F. The van der Waals surface area contributed by atoms with Crippen molar-refractivity contribution in [1.29, 1.82) is 0 Å². The molecule has 0 bridgehead atoms. The van der Waals surface area contributed by atoms with E-state index in [0.717, 1.165) is 11.1 Å². The summed E-state index contributed by atoms with van der Waals surface area (Å²) in [6.07, 6.45) is 0.922. The quantitative estimate of drug-likeness (QED) is 0.828. The predicted molar refractivity (Wildman–Crippen MR) is 94.9 cm³/mol. The van der Waals surface area contributed by atoms with Crippen molar-refractivity contribution in [3.05, 3.63) is 53.9 Å². The van der Waals surface area contributed by atoms with Crippen LogP contribution in [0.15, 0.2) is 42.7 Å². The monoisotopic (exact) mass is 380 g/mol. The number of carbonyl (C=O) groups is 1. The third-order valence-corrected chi connectivity index (χ3v) is 4.95. The highest BCUT2D eigenvalue weighted by atomic mass is 19.4. The number of hydrogen-bond acceptors (Lipinski definition) is 2. The number of benzene rings is 1. The summed E-state index contributed by atoms with van der Waals surface area (Å²) in [5, 5.41) is 9.38. The molecule has 0 spiro atoms. The molecule has 1 aromatic heterocycles. The number of aromatic nitrogens is 2. The summed E-state index contributed by atoms with van der Waals surface area (Å²) < 4.78 is 41.2. The molecule has 1 aliphatic rings. The van der Waals surface area contributed by atoms with Gasteiger partial charge >= 0.3 is 12.2 Å². The second-order valence-electron chi connectivity index (χ2n) is 6.84. The topological polar surface area (TPSA) is 59.0 Å². The maximum absolute atomic E-state index is 13.1. The van der Waals surface area contributed by atoms with Gasteiger partial charge in [-0.15, -0.1) is 0 Å². The van der Waals surface area contributed by atoms with Gasteiger partial charge in [0.05, 0.1) is 12.5 Å². The van der Waals surface area contributed by atoms with Crippen molar-refractivity contribution in [2.75, 3.05) is 0 Å². The van der Waals surface area contributed by atoms with Gasteiger partial charge in [0.15, 0.2) is 0 Å². The molecule has 2 atom stereocenters. The van der Waals surface area contributed by atoms with Crippen molar-refractivity contribution in [1.82, 2.24) is 20.4 Å². The Morgan fingerprint density at radius 1 is 1.15 bits per heavy atom. The van der Waals surface area contributed by atoms with E-state index in [1.165, 1.54) is 0 Å². The number of carbonyl (C=O) groups excluding carboxylic acids is 1. The van der Waals surface area contributed by atoms with Crippen LogP contribution < -0.4 is 10.6 Å². The number of amides is 2. The predicted octanol–water partition coefficient (Wildman–Crippen LogP) is 3.85. The van der Waals surface area contributed by atoms with Crippen molar-refractivity contribution in [3.63, 3.8) is 0 Å². The number of nitrogens with zero attached hydrogens (tertiary/aromatic N) is 2. The molecule has 0 radical (unpaired) electrons. The Labute approximate surface area is 155 Å². The van der Waals surface area contributed by atoms with Crippen LogP contribution in [0, 0.1) is 5.92 Å². The van der Waals surface area contributed by atoms with E-state index in [9.17, 15) is 18.0 Å². The summed E-state index contributed by atoms with van der Waals surface area (Å²) in [6, 6.07) is 7.99. The van der Waals surface area contributed by atoms with Gasteiger partial charge in [-0.05, 0) is 30.0 Å². The Morgan fingerprint density at radius 2 is 1.89 bits per heavy atom. The fourth-order valence-electron chi connectivity index (χ4n) is 3.54. The standard InChI is InChI=1S/C19H23F3N4O/c20-19(21,22)16-8-3-4-9-17(16)25-18(27)23-12-14-6-1-2-7-15(14)13-26-11-5-10-24-26/h1-2,5-7,10-11,16-17H,3-4,8-9,12-13H2,(H2,23,25,27). The van der Waals surface area contributed by atoms with Crippen LogP contribution in [0.25, 0.3) is 0 Å². The van der Waals surface area contributed by atoms with E-state index in [4.69, 9.17) is 0 Å². The minimum Gasteiger partial charge on any atom is -0.335 e. The molecule has 1 heterocycles. The zero-order valence-electron chi connectivity index (χ0n) is 14.9. The number of urea groups is 1. The average Bonchev–Trinajstić information content (AvgIpc) is 3.14. The lowest BCUT2D eigenvalue weighted by Crippen LogP contribution is -2.50. The number of halogens is 3. The van der Waals surface area contributed by atoms with E-state index >= 15 is 0 Å². The van der Waals surface area contributed by atoms with Gasteiger partial charge < -0.3 is 10.6 Å². The molecule has 0 saturated heterocycles. The van der Waals surface area contributed by atoms with Crippen LogP contribution in [0.2, 0.25) is 0 Å². The zero-order chi connectivity index (χ0) is 19.3. The first kappa shape index (κ1) is 19.3. The Kier molecular flexibility index (Phi) is 6.03. The number of nitrogens with one attached hydrogen (secondary N) is 2. The molecule has 2 amide bonds. The average molecular weight is 380 g/mol. The number of alkyl halides is 3. The van der Waals surface area contributed by atoms with Gasteiger partial charge in [0.25, 0.3) is 0 Å². The molecular weight excluding hydrogens is 357 g/mol. The molecule has 2 unspecified atom stereocenters. The van der Waals surface area contributed by atoms with Gasteiger partial charge in [0, 0.05) is 25.0 Å². The molecule has 1 fully saturated rings. The number of hydrogen-bond donors (Lipinski definition) is 2. The van der Waals surface area contributed by atoms with E-state index in [1.807, 2.05) is 36.5 Å². The van der Waals surface area contributed by atoms with Crippen LogP contribution in [-0.2, 0) is 13.1 Å². The molecule has 3 rings (SSSR count).